The zero-order chi connectivity index (χ0) is 63.2. The average Bonchev–Trinajstić information content (AvgIpc) is 3.50. The highest BCUT2D eigenvalue weighted by molar-refractivity contribution is 7.47. The molecule has 0 amide bonds. The highest BCUT2D eigenvalue weighted by Crippen LogP contribution is 2.45. The second-order valence-electron chi connectivity index (χ2n) is 25.3. The van der Waals surface area contributed by atoms with E-state index >= 15 is 0 Å². The number of hydrogen-bond acceptors (Lipinski definition) is 15. The van der Waals surface area contributed by atoms with Crippen molar-refractivity contribution in [3.8, 4) is 0 Å². The molecule has 0 heterocycles. The third-order valence-electron chi connectivity index (χ3n) is 15.8. The van der Waals surface area contributed by atoms with Crippen molar-refractivity contribution in [3.05, 3.63) is 0 Å². The third-order valence-corrected chi connectivity index (χ3v) is 17.7. The van der Waals surface area contributed by atoms with E-state index in [1.54, 1.807) is 0 Å². The van der Waals surface area contributed by atoms with Gasteiger partial charge in [-0.05, 0) is 49.4 Å². The van der Waals surface area contributed by atoms with Crippen LogP contribution in [-0.2, 0) is 65.4 Å². The first kappa shape index (κ1) is 83.1. The summed E-state index contributed by atoms with van der Waals surface area (Å²) in [5.74, 6) is 0.793. The molecule has 3 N–H and O–H groups in total. The lowest BCUT2D eigenvalue weighted by Crippen LogP contribution is -2.30. The summed E-state index contributed by atoms with van der Waals surface area (Å²) in [6.45, 7) is 14.0. The monoisotopic (exact) mass is 1250 g/mol. The number of esters is 4. The fraction of sp³-hybridized carbons (Fsp3) is 0.939. The molecule has 0 aromatic heterocycles. The molecule has 0 spiro atoms. The van der Waals surface area contributed by atoms with Crippen molar-refractivity contribution in [2.24, 2.45) is 23.7 Å². The largest absolute Gasteiger partial charge is 0.472 e. The molecule has 0 aliphatic heterocycles. The zero-order valence-electron chi connectivity index (χ0n) is 55.2. The maximum atomic E-state index is 13.0. The molecule has 19 heteroatoms. The predicted octanol–water partition coefficient (Wildman–Crippen LogP) is 18.1. The van der Waals surface area contributed by atoms with Crippen LogP contribution in [0.15, 0.2) is 0 Å². The van der Waals surface area contributed by atoms with Crippen LogP contribution in [-0.4, -0.2) is 96.7 Å². The van der Waals surface area contributed by atoms with E-state index in [9.17, 15) is 43.2 Å². The predicted molar refractivity (Wildman–Crippen MR) is 340 cm³/mol. The van der Waals surface area contributed by atoms with Gasteiger partial charge in [-0.3, -0.25) is 37.3 Å². The Morgan fingerprint density at radius 3 is 0.835 bits per heavy atom. The Hall–Kier alpha value is -1.94. The van der Waals surface area contributed by atoms with Crippen molar-refractivity contribution in [1.82, 2.24) is 0 Å². The van der Waals surface area contributed by atoms with Crippen LogP contribution < -0.4 is 0 Å². The van der Waals surface area contributed by atoms with Gasteiger partial charge in [0.15, 0.2) is 12.2 Å². The first-order valence-electron chi connectivity index (χ1n) is 34.3. The number of hydrogen-bond donors (Lipinski definition) is 3. The Bertz CT molecular complexity index is 1700. The molecule has 0 aromatic rings. The molecule has 0 bridgehead atoms. The number of unbranched alkanes of at least 4 members (excludes halogenated alkanes) is 27. The Labute approximate surface area is 517 Å². The Kier molecular flexibility index (Phi) is 54.8. The second-order valence-corrected chi connectivity index (χ2v) is 28.2. The van der Waals surface area contributed by atoms with Gasteiger partial charge in [-0.15, -0.1) is 0 Å². The van der Waals surface area contributed by atoms with Crippen molar-refractivity contribution in [3.63, 3.8) is 0 Å². The van der Waals surface area contributed by atoms with Crippen LogP contribution in [0.4, 0.5) is 0 Å². The second kappa shape index (κ2) is 56.1. The van der Waals surface area contributed by atoms with Gasteiger partial charge in [-0.2, -0.15) is 0 Å². The van der Waals surface area contributed by atoms with E-state index in [1.165, 1.54) is 109 Å². The minimum Gasteiger partial charge on any atom is -0.462 e. The van der Waals surface area contributed by atoms with E-state index in [0.717, 1.165) is 120 Å². The number of ether oxygens (including phenoxy) is 4. The molecule has 504 valence electrons. The van der Waals surface area contributed by atoms with E-state index in [2.05, 4.69) is 55.4 Å². The summed E-state index contributed by atoms with van der Waals surface area (Å²) in [5.41, 5.74) is 0. The van der Waals surface area contributed by atoms with Crippen molar-refractivity contribution >= 4 is 39.5 Å². The molecule has 17 nitrogen and oxygen atoms in total. The van der Waals surface area contributed by atoms with Crippen LogP contribution in [0.1, 0.15) is 319 Å². The molecule has 7 atom stereocenters. The lowest BCUT2D eigenvalue weighted by atomic mass is 10.00. The summed E-state index contributed by atoms with van der Waals surface area (Å²) in [4.78, 5) is 72.3. The zero-order valence-corrected chi connectivity index (χ0v) is 57.0. The van der Waals surface area contributed by atoms with Gasteiger partial charge in [0.2, 0.25) is 0 Å². The van der Waals surface area contributed by atoms with Crippen LogP contribution in [0.5, 0.6) is 0 Å². The summed E-state index contributed by atoms with van der Waals surface area (Å²) in [6, 6.07) is 0. The number of aliphatic hydroxyl groups is 1. The third kappa shape index (κ3) is 58.2. The van der Waals surface area contributed by atoms with E-state index in [1.807, 2.05) is 0 Å². The van der Waals surface area contributed by atoms with Crippen LogP contribution in [0.2, 0.25) is 0 Å². The van der Waals surface area contributed by atoms with Gasteiger partial charge in [-0.1, -0.05) is 267 Å². The standard InChI is InChI=1S/C66H128O17P2/c1-9-58(7)44-36-28-22-24-31-39-47-64(69)77-53-61(82-65(70)48-40-32-20-16-14-12-11-13-15-18-26-34-42-56(3)4)54-80-84(72,73)78-50-60(67)51-79-85(74,75)81-55-62(83-66(71)49-41-33-25-23-29-37-45-59(8)10-2)52-76-63(68)46-38-30-21-17-19-27-35-43-57(5)6/h56-62,67H,9-55H2,1-8H3,(H,72,73)(H,74,75)/t58?,59?,60-,61+,62+/m0/s1. The van der Waals surface area contributed by atoms with Gasteiger partial charge in [-0.25, -0.2) is 9.13 Å². The van der Waals surface area contributed by atoms with Crippen LogP contribution in [0, 0.1) is 23.7 Å². The normalized spacial score (nSPS) is 15.0. The average molecular weight is 1260 g/mol. The summed E-state index contributed by atoms with van der Waals surface area (Å²) < 4.78 is 68.1. The minimum atomic E-state index is -4.95. The Balaban J connectivity index is 5.25. The van der Waals surface area contributed by atoms with Crippen LogP contribution >= 0.6 is 15.6 Å². The van der Waals surface area contributed by atoms with Crippen molar-refractivity contribution in [2.75, 3.05) is 39.6 Å². The molecule has 0 aromatic carbocycles. The summed E-state index contributed by atoms with van der Waals surface area (Å²) in [5, 5.41) is 10.5. The number of phosphoric ester groups is 2. The lowest BCUT2D eigenvalue weighted by Gasteiger charge is -2.21. The molecule has 0 fully saturated rings. The van der Waals surface area contributed by atoms with E-state index in [-0.39, 0.29) is 25.7 Å². The Morgan fingerprint density at radius 2 is 0.565 bits per heavy atom. The number of phosphoric acid groups is 2. The SMILES string of the molecule is CCC(C)CCCCCCCCC(=O)OC[C@H](COP(=O)(O)OC[C@H](O)COP(=O)(O)OC[C@@H](COC(=O)CCCCCCCCCC(C)C)OC(=O)CCCCCCCCC(C)CC)OC(=O)CCCCCCCCCCCCCCC(C)C. The molecule has 0 rings (SSSR count). The quantitative estimate of drug-likeness (QED) is 0.0222. The molecule has 85 heavy (non-hydrogen) atoms. The number of aliphatic hydroxyl groups excluding tert-OH is 1. The topological polar surface area (TPSA) is 237 Å². The van der Waals surface area contributed by atoms with E-state index < -0.39 is 97.5 Å². The fourth-order valence-electron chi connectivity index (χ4n) is 9.72. The number of rotatable bonds is 63. The maximum Gasteiger partial charge on any atom is 0.472 e. The first-order chi connectivity index (χ1) is 40.7. The van der Waals surface area contributed by atoms with Gasteiger partial charge in [0, 0.05) is 25.7 Å². The molecular weight excluding hydrogens is 1130 g/mol. The highest BCUT2D eigenvalue weighted by atomic mass is 31.2. The number of carbonyl (C=O) groups is 4. The van der Waals surface area contributed by atoms with Gasteiger partial charge < -0.3 is 33.8 Å². The molecule has 0 saturated heterocycles. The minimum absolute atomic E-state index is 0.101. The van der Waals surface area contributed by atoms with Gasteiger partial charge in [0.1, 0.15) is 19.3 Å². The summed E-state index contributed by atoms with van der Waals surface area (Å²) in [6.07, 6.45) is 36.3. The van der Waals surface area contributed by atoms with Gasteiger partial charge in [0.25, 0.3) is 0 Å². The summed E-state index contributed by atoms with van der Waals surface area (Å²) >= 11 is 0. The highest BCUT2D eigenvalue weighted by Gasteiger charge is 2.30. The van der Waals surface area contributed by atoms with Gasteiger partial charge in [0.05, 0.1) is 26.4 Å². The molecule has 0 saturated carbocycles. The lowest BCUT2D eigenvalue weighted by molar-refractivity contribution is -0.161. The maximum absolute atomic E-state index is 13.0. The van der Waals surface area contributed by atoms with Crippen LogP contribution in [0.3, 0.4) is 0 Å². The number of carbonyl (C=O) groups excluding carboxylic acids is 4. The molecule has 0 aliphatic rings. The molecule has 0 radical (unpaired) electrons. The van der Waals surface area contributed by atoms with E-state index in [0.29, 0.717) is 31.6 Å². The van der Waals surface area contributed by atoms with Crippen LogP contribution in [0.25, 0.3) is 0 Å². The summed E-state index contributed by atoms with van der Waals surface area (Å²) in [7, 11) is -9.89. The molecule has 4 unspecified atom stereocenters. The van der Waals surface area contributed by atoms with Crippen molar-refractivity contribution < 1.29 is 80.2 Å². The van der Waals surface area contributed by atoms with Crippen molar-refractivity contribution in [1.29, 1.82) is 0 Å². The smallest absolute Gasteiger partial charge is 0.462 e. The Morgan fingerprint density at radius 1 is 0.329 bits per heavy atom. The first-order valence-corrected chi connectivity index (χ1v) is 37.3. The van der Waals surface area contributed by atoms with Gasteiger partial charge >= 0.3 is 39.5 Å². The van der Waals surface area contributed by atoms with Crippen molar-refractivity contribution in [2.45, 2.75) is 337 Å². The molecular formula is C66H128O17P2. The fourth-order valence-corrected chi connectivity index (χ4v) is 11.3. The van der Waals surface area contributed by atoms with E-state index in [4.69, 9.17) is 37.0 Å². The molecule has 0 aliphatic carbocycles.